The molecule has 32 heavy (non-hydrogen) atoms. The SMILES string of the molecule is COc1cc(C(=O)N/N=C\c2cc(I)c(OCc3ccc(F)cc3)c(OC)c2)ccc1I. The summed E-state index contributed by atoms with van der Waals surface area (Å²) in [7, 11) is 3.10. The van der Waals surface area contributed by atoms with Gasteiger partial charge in [0.25, 0.3) is 5.91 Å². The Hall–Kier alpha value is -2.41. The second kappa shape index (κ2) is 11.5. The van der Waals surface area contributed by atoms with Crippen LogP contribution in [0.25, 0.3) is 0 Å². The van der Waals surface area contributed by atoms with E-state index in [4.69, 9.17) is 14.2 Å². The molecule has 3 rings (SSSR count). The third-order valence-corrected chi connectivity index (χ3v) is 6.03. The van der Waals surface area contributed by atoms with Gasteiger partial charge in [-0.25, -0.2) is 9.82 Å². The maximum Gasteiger partial charge on any atom is 0.271 e. The first-order valence-corrected chi connectivity index (χ1v) is 11.5. The van der Waals surface area contributed by atoms with E-state index in [0.717, 1.165) is 18.3 Å². The van der Waals surface area contributed by atoms with Crippen molar-refractivity contribution in [3.63, 3.8) is 0 Å². The van der Waals surface area contributed by atoms with E-state index >= 15 is 0 Å². The van der Waals surface area contributed by atoms with E-state index in [-0.39, 0.29) is 18.3 Å². The first-order valence-electron chi connectivity index (χ1n) is 9.33. The summed E-state index contributed by atoms with van der Waals surface area (Å²) in [5, 5.41) is 4.04. The van der Waals surface area contributed by atoms with Crippen molar-refractivity contribution in [3.8, 4) is 17.2 Å². The van der Waals surface area contributed by atoms with Crippen LogP contribution in [0.5, 0.6) is 17.2 Å². The third kappa shape index (κ3) is 6.31. The van der Waals surface area contributed by atoms with Crippen LogP contribution >= 0.6 is 45.2 Å². The Labute approximate surface area is 212 Å². The molecule has 1 amide bonds. The normalized spacial score (nSPS) is 10.8. The Bertz CT molecular complexity index is 1140. The average molecular weight is 660 g/mol. The molecule has 0 atom stereocenters. The van der Waals surface area contributed by atoms with E-state index in [2.05, 4.69) is 55.7 Å². The van der Waals surface area contributed by atoms with Crippen LogP contribution in [0, 0.1) is 13.0 Å². The number of benzene rings is 3. The zero-order valence-electron chi connectivity index (χ0n) is 17.2. The maximum atomic E-state index is 13.1. The Morgan fingerprint density at radius 3 is 2.41 bits per heavy atom. The monoisotopic (exact) mass is 660 g/mol. The predicted molar refractivity (Wildman–Crippen MR) is 137 cm³/mol. The van der Waals surface area contributed by atoms with Crippen LogP contribution in [0.2, 0.25) is 0 Å². The molecule has 0 bridgehead atoms. The lowest BCUT2D eigenvalue weighted by Gasteiger charge is -2.13. The number of rotatable bonds is 8. The number of nitrogens with one attached hydrogen (secondary N) is 1. The molecule has 0 aliphatic carbocycles. The molecule has 1 N–H and O–H groups in total. The number of methoxy groups -OCH3 is 2. The van der Waals surface area contributed by atoms with Crippen molar-refractivity contribution in [3.05, 3.63) is 84.2 Å². The molecule has 0 aromatic heterocycles. The Kier molecular flexibility index (Phi) is 8.67. The van der Waals surface area contributed by atoms with Gasteiger partial charge < -0.3 is 14.2 Å². The fraction of sp³-hybridized carbons (Fsp3) is 0.130. The zero-order valence-corrected chi connectivity index (χ0v) is 21.5. The van der Waals surface area contributed by atoms with E-state index in [1.54, 1.807) is 50.6 Å². The molecule has 0 saturated carbocycles. The van der Waals surface area contributed by atoms with Crippen LogP contribution in [0.15, 0.2) is 59.7 Å². The summed E-state index contributed by atoms with van der Waals surface area (Å²) < 4.78 is 31.4. The first-order chi connectivity index (χ1) is 15.4. The van der Waals surface area contributed by atoms with Gasteiger partial charge in [-0.1, -0.05) is 12.1 Å². The molecule has 0 saturated heterocycles. The summed E-state index contributed by atoms with van der Waals surface area (Å²) in [6, 6.07) is 14.9. The maximum absolute atomic E-state index is 13.1. The summed E-state index contributed by atoms with van der Waals surface area (Å²) in [4.78, 5) is 12.3. The molecular weight excluding hydrogens is 641 g/mol. The fourth-order valence-electron chi connectivity index (χ4n) is 2.72. The molecule has 0 unspecified atom stereocenters. The van der Waals surface area contributed by atoms with Crippen LogP contribution in [-0.2, 0) is 6.61 Å². The summed E-state index contributed by atoms with van der Waals surface area (Å²) in [6.07, 6.45) is 1.52. The largest absolute Gasteiger partial charge is 0.496 e. The molecule has 9 heteroatoms. The molecule has 0 spiro atoms. The van der Waals surface area contributed by atoms with Crippen LogP contribution in [0.3, 0.4) is 0 Å². The molecule has 0 fully saturated rings. The number of amides is 1. The minimum absolute atomic E-state index is 0.273. The number of ether oxygens (including phenoxy) is 3. The second-order valence-electron chi connectivity index (χ2n) is 6.50. The van der Waals surface area contributed by atoms with Crippen molar-refractivity contribution in [2.24, 2.45) is 5.10 Å². The molecular formula is C23H19FI2N2O4. The fourth-order valence-corrected chi connectivity index (χ4v) is 4.06. The van der Waals surface area contributed by atoms with E-state index in [1.807, 2.05) is 6.07 Å². The molecule has 0 radical (unpaired) electrons. The van der Waals surface area contributed by atoms with Gasteiger partial charge in [-0.15, -0.1) is 0 Å². The van der Waals surface area contributed by atoms with Gasteiger partial charge in [0.2, 0.25) is 0 Å². The quantitative estimate of drug-likeness (QED) is 0.200. The molecule has 6 nitrogen and oxygen atoms in total. The van der Waals surface area contributed by atoms with Crippen molar-refractivity contribution in [1.29, 1.82) is 0 Å². The Morgan fingerprint density at radius 1 is 1.00 bits per heavy atom. The third-order valence-electron chi connectivity index (χ3n) is 4.34. The van der Waals surface area contributed by atoms with Crippen molar-refractivity contribution in [2.45, 2.75) is 6.61 Å². The lowest BCUT2D eigenvalue weighted by molar-refractivity contribution is 0.0954. The van der Waals surface area contributed by atoms with Crippen LogP contribution in [-0.4, -0.2) is 26.3 Å². The van der Waals surface area contributed by atoms with Gasteiger partial charge in [0, 0.05) is 5.56 Å². The average Bonchev–Trinajstić information content (AvgIpc) is 2.79. The first kappa shape index (κ1) is 24.2. The van der Waals surface area contributed by atoms with Crippen LogP contribution < -0.4 is 19.6 Å². The van der Waals surface area contributed by atoms with Crippen LogP contribution in [0.4, 0.5) is 4.39 Å². The van der Waals surface area contributed by atoms with E-state index in [9.17, 15) is 9.18 Å². The highest BCUT2D eigenvalue weighted by Crippen LogP contribution is 2.34. The summed E-state index contributed by atoms with van der Waals surface area (Å²) in [6.45, 7) is 0.273. The topological polar surface area (TPSA) is 69.2 Å². The molecule has 3 aromatic rings. The number of carbonyl (C=O) groups is 1. The van der Waals surface area contributed by atoms with Gasteiger partial charge in [-0.05, 0) is 98.8 Å². The molecule has 0 aliphatic heterocycles. The predicted octanol–water partition coefficient (Wildman–Crippen LogP) is 5.40. The van der Waals surface area contributed by atoms with E-state index < -0.39 is 0 Å². The number of halogens is 3. The van der Waals surface area contributed by atoms with E-state index in [0.29, 0.717) is 22.8 Å². The van der Waals surface area contributed by atoms with Gasteiger partial charge in [-0.2, -0.15) is 5.10 Å². The van der Waals surface area contributed by atoms with Crippen molar-refractivity contribution >= 4 is 57.3 Å². The molecule has 166 valence electrons. The number of carbonyl (C=O) groups excluding carboxylic acids is 1. The Morgan fingerprint density at radius 2 is 1.72 bits per heavy atom. The smallest absolute Gasteiger partial charge is 0.271 e. The second-order valence-corrected chi connectivity index (χ2v) is 8.82. The van der Waals surface area contributed by atoms with Gasteiger partial charge in [0.1, 0.15) is 18.2 Å². The summed E-state index contributed by atoms with van der Waals surface area (Å²) in [5.41, 5.74) is 4.51. The summed E-state index contributed by atoms with van der Waals surface area (Å²) in [5.74, 6) is 1.08. The minimum Gasteiger partial charge on any atom is -0.496 e. The highest BCUT2D eigenvalue weighted by Gasteiger charge is 2.12. The molecule has 0 aliphatic rings. The Balaban J connectivity index is 1.69. The highest BCUT2D eigenvalue weighted by molar-refractivity contribution is 14.1. The van der Waals surface area contributed by atoms with Gasteiger partial charge in [-0.3, -0.25) is 4.79 Å². The highest BCUT2D eigenvalue weighted by atomic mass is 127. The van der Waals surface area contributed by atoms with E-state index in [1.165, 1.54) is 18.3 Å². The number of hydrazone groups is 1. The number of hydrogen-bond acceptors (Lipinski definition) is 5. The van der Waals surface area contributed by atoms with Gasteiger partial charge in [0.05, 0.1) is 27.6 Å². The number of nitrogens with zero attached hydrogens (tertiary/aromatic N) is 1. The standard InChI is InChI=1S/C23H19FI2N2O4/c1-30-20-11-16(5-8-18(20)25)23(29)28-27-12-15-9-19(26)22(21(10-15)31-2)32-13-14-3-6-17(24)7-4-14/h3-12H,13H2,1-2H3,(H,28,29)/b27-12-. The van der Waals surface area contributed by atoms with Crippen LogP contribution in [0.1, 0.15) is 21.5 Å². The van der Waals surface area contributed by atoms with Crippen molar-refractivity contribution in [2.75, 3.05) is 14.2 Å². The van der Waals surface area contributed by atoms with Crippen molar-refractivity contribution in [1.82, 2.24) is 5.43 Å². The lowest BCUT2D eigenvalue weighted by atomic mass is 10.2. The van der Waals surface area contributed by atoms with Crippen molar-refractivity contribution < 1.29 is 23.4 Å². The lowest BCUT2D eigenvalue weighted by Crippen LogP contribution is -2.17. The summed E-state index contributed by atoms with van der Waals surface area (Å²) >= 11 is 4.27. The number of hydrogen-bond donors (Lipinski definition) is 1. The van der Waals surface area contributed by atoms with Gasteiger partial charge >= 0.3 is 0 Å². The molecule has 0 heterocycles. The van der Waals surface area contributed by atoms with Gasteiger partial charge in [0.15, 0.2) is 11.5 Å². The molecule has 3 aromatic carbocycles. The zero-order chi connectivity index (χ0) is 23.1. The minimum atomic E-state index is -0.350.